The molecule has 0 radical (unpaired) electrons. The van der Waals surface area contributed by atoms with Gasteiger partial charge in [-0.25, -0.2) is 0 Å². The summed E-state index contributed by atoms with van der Waals surface area (Å²) in [6.45, 7) is 3.12. The van der Waals surface area contributed by atoms with E-state index in [0.717, 1.165) is 12.1 Å². The van der Waals surface area contributed by atoms with Crippen molar-refractivity contribution in [2.24, 2.45) is 5.92 Å². The molecule has 2 aromatic carbocycles. The second-order valence-corrected chi connectivity index (χ2v) is 8.32. The van der Waals surface area contributed by atoms with Crippen LogP contribution in [0.1, 0.15) is 25.8 Å². The molecule has 0 aromatic heterocycles. The Hall–Kier alpha value is -3.27. The van der Waals surface area contributed by atoms with Gasteiger partial charge in [-0.3, -0.25) is 14.4 Å². The third-order valence-electron chi connectivity index (χ3n) is 4.89. The van der Waals surface area contributed by atoms with Gasteiger partial charge in [-0.1, -0.05) is 11.6 Å². The maximum Gasteiger partial charge on any atom is 0.416 e. The second kappa shape index (κ2) is 10.3. The van der Waals surface area contributed by atoms with Crippen LogP contribution < -0.4 is 15.0 Å². The fraction of sp³-hybridized carbons (Fsp3) is 0.348. The van der Waals surface area contributed by atoms with E-state index in [0.29, 0.717) is 17.5 Å². The smallest absolute Gasteiger partial charge is 0.416 e. The molecule has 1 aliphatic heterocycles. The predicted molar refractivity (Wildman–Crippen MR) is 119 cm³/mol. The van der Waals surface area contributed by atoms with Crippen molar-refractivity contribution in [3.63, 3.8) is 0 Å². The Kier molecular flexibility index (Phi) is 7.71. The highest BCUT2D eigenvalue weighted by Gasteiger charge is 2.36. The van der Waals surface area contributed by atoms with Crippen LogP contribution in [0.25, 0.3) is 0 Å². The minimum atomic E-state index is -4.61. The Balaban J connectivity index is 1.54. The second-order valence-electron chi connectivity index (χ2n) is 7.91. The van der Waals surface area contributed by atoms with Crippen molar-refractivity contribution in [1.29, 1.82) is 0 Å². The number of alkyl halides is 3. The molecule has 1 fully saturated rings. The predicted octanol–water partition coefficient (Wildman–Crippen LogP) is 4.68. The van der Waals surface area contributed by atoms with E-state index in [4.69, 9.17) is 21.1 Å². The largest absolute Gasteiger partial charge is 0.491 e. The molecule has 1 saturated heterocycles. The number of amides is 2. The van der Waals surface area contributed by atoms with Crippen molar-refractivity contribution in [2.75, 3.05) is 23.4 Å². The lowest BCUT2D eigenvalue weighted by molar-refractivity contribution is -0.151. The Labute approximate surface area is 198 Å². The van der Waals surface area contributed by atoms with Gasteiger partial charge in [-0.05, 0) is 56.3 Å². The Morgan fingerprint density at radius 3 is 2.47 bits per heavy atom. The van der Waals surface area contributed by atoms with Gasteiger partial charge in [0.25, 0.3) is 5.91 Å². The average molecular weight is 499 g/mol. The minimum absolute atomic E-state index is 0.000209. The maximum absolute atomic E-state index is 12.9. The summed E-state index contributed by atoms with van der Waals surface area (Å²) in [5, 5.41) is 2.09. The van der Waals surface area contributed by atoms with Gasteiger partial charge < -0.3 is 19.7 Å². The number of anilines is 2. The van der Waals surface area contributed by atoms with Gasteiger partial charge in [0.05, 0.1) is 28.3 Å². The number of carbonyl (C=O) groups is 3. The van der Waals surface area contributed by atoms with Gasteiger partial charge in [0.2, 0.25) is 5.91 Å². The summed E-state index contributed by atoms with van der Waals surface area (Å²) in [6.07, 6.45) is -4.70. The third-order valence-corrected chi connectivity index (χ3v) is 5.22. The van der Waals surface area contributed by atoms with Gasteiger partial charge in [0.1, 0.15) is 5.75 Å². The Morgan fingerprint density at radius 1 is 1.18 bits per heavy atom. The molecule has 2 aromatic rings. The summed E-state index contributed by atoms with van der Waals surface area (Å²) in [5.74, 6) is -2.05. The van der Waals surface area contributed by atoms with Gasteiger partial charge in [0, 0.05) is 18.7 Å². The number of hydrogen-bond donors (Lipinski definition) is 1. The number of halogens is 4. The van der Waals surface area contributed by atoms with E-state index in [1.54, 1.807) is 24.3 Å². The summed E-state index contributed by atoms with van der Waals surface area (Å²) in [7, 11) is 0. The number of esters is 1. The molecule has 1 aliphatic rings. The number of hydrogen-bond acceptors (Lipinski definition) is 5. The van der Waals surface area contributed by atoms with Gasteiger partial charge in [-0.2, -0.15) is 13.2 Å². The number of benzene rings is 2. The first-order valence-electron chi connectivity index (χ1n) is 10.3. The highest BCUT2D eigenvalue weighted by Crippen LogP contribution is 2.34. The quantitative estimate of drug-likeness (QED) is 0.560. The van der Waals surface area contributed by atoms with Gasteiger partial charge in [-0.15, -0.1) is 0 Å². The minimum Gasteiger partial charge on any atom is -0.491 e. The summed E-state index contributed by atoms with van der Waals surface area (Å²) < 4.78 is 49.1. The van der Waals surface area contributed by atoms with Crippen LogP contribution in [0.15, 0.2) is 42.5 Å². The fourth-order valence-corrected chi connectivity index (χ4v) is 3.49. The summed E-state index contributed by atoms with van der Waals surface area (Å²) in [5.41, 5.74) is -0.657. The van der Waals surface area contributed by atoms with E-state index in [1.807, 2.05) is 13.8 Å². The van der Waals surface area contributed by atoms with E-state index in [9.17, 15) is 27.6 Å². The van der Waals surface area contributed by atoms with Crippen LogP contribution in [-0.2, 0) is 25.3 Å². The SMILES string of the molecule is CC(C)Oc1ccc(N2C[C@@H](C(=O)OCC(=O)Nc3cc(C(F)(F)F)ccc3Cl)CC2=O)cc1. The van der Waals surface area contributed by atoms with Crippen molar-refractivity contribution in [3.05, 3.63) is 53.1 Å². The molecular weight excluding hydrogens is 477 g/mol. The Morgan fingerprint density at radius 2 is 1.85 bits per heavy atom. The first kappa shape index (κ1) is 25.4. The summed E-state index contributed by atoms with van der Waals surface area (Å²) in [6, 6.07) is 9.32. The van der Waals surface area contributed by atoms with Crippen LogP contribution in [0.5, 0.6) is 5.75 Å². The molecule has 1 atom stereocenters. The molecule has 1 N–H and O–H groups in total. The zero-order valence-corrected chi connectivity index (χ0v) is 19.1. The molecule has 7 nitrogen and oxygen atoms in total. The van der Waals surface area contributed by atoms with Crippen LogP contribution in [-0.4, -0.2) is 37.0 Å². The highest BCUT2D eigenvalue weighted by atomic mass is 35.5. The summed E-state index contributed by atoms with van der Waals surface area (Å²) >= 11 is 5.84. The van der Waals surface area contributed by atoms with Gasteiger partial charge in [0.15, 0.2) is 6.61 Å². The molecule has 0 spiro atoms. The fourth-order valence-electron chi connectivity index (χ4n) is 3.33. The molecular formula is C23H22ClF3N2O5. The molecule has 11 heteroatoms. The number of ether oxygens (including phenoxy) is 2. The Bertz CT molecular complexity index is 1070. The summed E-state index contributed by atoms with van der Waals surface area (Å²) in [4.78, 5) is 38.3. The van der Waals surface area contributed by atoms with Gasteiger partial charge >= 0.3 is 12.1 Å². The first-order chi connectivity index (χ1) is 15.9. The lowest BCUT2D eigenvalue weighted by atomic mass is 10.1. The zero-order valence-electron chi connectivity index (χ0n) is 18.3. The van der Waals surface area contributed by atoms with Crippen LogP contribution in [0, 0.1) is 5.92 Å². The lowest BCUT2D eigenvalue weighted by Crippen LogP contribution is -2.28. The standard InChI is InChI=1S/C23H22ClF3N2O5/c1-13(2)34-17-6-4-16(5-7-17)29-11-14(9-21(29)31)22(32)33-12-20(30)28-19-10-15(23(25,26)27)3-8-18(19)24/h3-8,10,13-14H,9,11-12H2,1-2H3,(H,28,30)/t14-/m0/s1. The lowest BCUT2D eigenvalue weighted by Gasteiger charge is -2.17. The first-order valence-corrected chi connectivity index (χ1v) is 10.7. The average Bonchev–Trinajstić information content (AvgIpc) is 3.14. The van der Waals surface area contributed by atoms with Crippen molar-refractivity contribution in [2.45, 2.75) is 32.5 Å². The number of nitrogens with zero attached hydrogens (tertiary/aromatic N) is 1. The molecule has 1 heterocycles. The monoisotopic (exact) mass is 498 g/mol. The van der Waals surface area contributed by atoms with Crippen LogP contribution in [0.3, 0.4) is 0 Å². The van der Waals surface area contributed by atoms with E-state index in [-0.39, 0.29) is 35.7 Å². The van der Waals surface area contributed by atoms with Crippen LogP contribution in [0.2, 0.25) is 5.02 Å². The van der Waals surface area contributed by atoms with E-state index in [1.165, 1.54) is 4.90 Å². The number of carbonyl (C=O) groups excluding carboxylic acids is 3. The molecule has 0 bridgehead atoms. The molecule has 2 amide bonds. The zero-order chi connectivity index (χ0) is 25.0. The third kappa shape index (κ3) is 6.40. The van der Waals surface area contributed by atoms with Crippen molar-refractivity contribution >= 4 is 40.8 Å². The van der Waals surface area contributed by atoms with Crippen molar-refractivity contribution in [3.8, 4) is 5.75 Å². The number of rotatable bonds is 7. The van der Waals surface area contributed by atoms with E-state index >= 15 is 0 Å². The van der Waals surface area contributed by atoms with E-state index in [2.05, 4.69) is 5.32 Å². The normalized spacial score (nSPS) is 16.0. The topological polar surface area (TPSA) is 84.9 Å². The maximum atomic E-state index is 12.9. The molecule has 3 rings (SSSR count). The van der Waals surface area contributed by atoms with E-state index < -0.39 is 36.1 Å². The van der Waals surface area contributed by atoms with Crippen molar-refractivity contribution < 1.29 is 37.0 Å². The molecule has 0 saturated carbocycles. The van der Waals surface area contributed by atoms with Crippen molar-refractivity contribution in [1.82, 2.24) is 0 Å². The highest BCUT2D eigenvalue weighted by molar-refractivity contribution is 6.33. The molecule has 182 valence electrons. The molecule has 34 heavy (non-hydrogen) atoms. The van der Waals surface area contributed by atoms with Crippen LogP contribution >= 0.6 is 11.6 Å². The molecule has 0 aliphatic carbocycles. The molecule has 0 unspecified atom stereocenters. The van der Waals surface area contributed by atoms with Crippen LogP contribution in [0.4, 0.5) is 24.5 Å². The number of nitrogens with one attached hydrogen (secondary N) is 1.